The van der Waals surface area contributed by atoms with Gasteiger partial charge in [0.05, 0.1) is 19.0 Å². The van der Waals surface area contributed by atoms with Gasteiger partial charge in [-0.05, 0) is 44.0 Å². The highest BCUT2D eigenvalue weighted by Gasteiger charge is 2.20. The standard InChI is InChI=1S/C20H28N6O2S/c1-2-26-19(25-11-13-28-14-12-25)22-23-20(26)29-15-18(27)21-16-5-7-17(8-6-16)24-9-3-4-10-24/h5-8H,2-4,9-15H2,1H3,(H,21,27). The molecule has 0 bridgehead atoms. The van der Waals surface area contributed by atoms with E-state index in [4.69, 9.17) is 4.74 Å². The number of thioether (sulfide) groups is 1. The van der Waals surface area contributed by atoms with E-state index in [0.717, 1.165) is 49.5 Å². The van der Waals surface area contributed by atoms with E-state index in [1.165, 1.54) is 30.3 Å². The predicted octanol–water partition coefficient (Wildman–Crippen LogP) is 2.47. The summed E-state index contributed by atoms with van der Waals surface area (Å²) in [4.78, 5) is 17.0. The fraction of sp³-hybridized carbons (Fsp3) is 0.550. The van der Waals surface area contributed by atoms with Crippen LogP contribution in [0.1, 0.15) is 19.8 Å². The first-order chi connectivity index (χ1) is 14.2. The van der Waals surface area contributed by atoms with Crippen molar-refractivity contribution in [3.63, 3.8) is 0 Å². The van der Waals surface area contributed by atoms with Crippen LogP contribution in [0.5, 0.6) is 0 Å². The number of hydrogen-bond acceptors (Lipinski definition) is 7. The van der Waals surface area contributed by atoms with Gasteiger partial charge < -0.3 is 19.9 Å². The first-order valence-electron chi connectivity index (χ1n) is 10.3. The number of aromatic nitrogens is 3. The summed E-state index contributed by atoms with van der Waals surface area (Å²) in [7, 11) is 0. The molecule has 0 aliphatic carbocycles. The molecule has 1 aromatic heterocycles. The van der Waals surface area contributed by atoms with Gasteiger partial charge in [-0.3, -0.25) is 9.36 Å². The molecule has 1 N–H and O–H groups in total. The maximum atomic E-state index is 12.4. The van der Waals surface area contributed by atoms with Crippen LogP contribution in [0.2, 0.25) is 0 Å². The lowest BCUT2D eigenvalue weighted by Gasteiger charge is -2.27. The lowest BCUT2D eigenvalue weighted by atomic mass is 10.2. The summed E-state index contributed by atoms with van der Waals surface area (Å²) < 4.78 is 7.48. The van der Waals surface area contributed by atoms with Crippen LogP contribution in [0.25, 0.3) is 0 Å². The molecule has 0 unspecified atom stereocenters. The van der Waals surface area contributed by atoms with Crippen LogP contribution >= 0.6 is 11.8 Å². The molecule has 2 saturated heterocycles. The Bertz CT molecular complexity index is 813. The van der Waals surface area contributed by atoms with Crippen LogP contribution in [0.15, 0.2) is 29.4 Å². The molecular weight excluding hydrogens is 388 g/mol. The summed E-state index contributed by atoms with van der Waals surface area (Å²) in [6, 6.07) is 8.11. The molecule has 8 nitrogen and oxygen atoms in total. The smallest absolute Gasteiger partial charge is 0.234 e. The largest absolute Gasteiger partial charge is 0.378 e. The lowest BCUT2D eigenvalue weighted by molar-refractivity contribution is -0.113. The summed E-state index contributed by atoms with van der Waals surface area (Å²) in [6.07, 6.45) is 2.51. The summed E-state index contributed by atoms with van der Waals surface area (Å²) in [5.41, 5.74) is 2.05. The molecule has 2 aromatic rings. The van der Waals surface area contributed by atoms with Crippen molar-refractivity contribution in [1.29, 1.82) is 0 Å². The zero-order valence-corrected chi connectivity index (χ0v) is 17.7. The van der Waals surface area contributed by atoms with Gasteiger partial charge in [0.2, 0.25) is 11.9 Å². The number of anilines is 3. The van der Waals surface area contributed by atoms with E-state index in [1.807, 2.05) is 12.1 Å². The van der Waals surface area contributed by atoms with Gasteiger partial charge in [-0.1, -0.05) is 11.8 Å². The van der Waals surface area contributed by atoms with Crippen LogP contribution in [0.3, 0.4) is 0 Å². The van der Waals surface area contributed by atoms with Gasteiger partial charge in [-0.2, -0.15) is 0 Å². The minimum Gasteiger partial charge on any atom is -0.378 e. The fourth-order valence-electron chi connectivity index (χ4n) is 3.72. The highest BCUT2D eigenvalue weighted by atomic mass is 32.2. The third-order valence-corrected chi connectivity index (χ3v) is 6.23. The second kappa shape index (κ2) is 9.49. The first kappa shape index (κ1) is 20.0. The normalized spacial score (nSPS) is 17.0. The molecule has 29 heavy (non-hydrogen) atoms. The van der Waals surface area contributed by atoms with Crippen molar-refractivity contribution in [2.45, 2.75) is 31.5 Å². The molecule has 2 aliphatic heterocycles. The number of benzene rings is 1. The second-order valence-corrected chi connectivity index (χ2v) is 8.15. The Balaban J connectivity index is 1.32. The van der Waals surface area contributed by atoms with Gasteiger partial charge in [-0.15, -0.1) is 10.2 Å². The van der Waals surface area contributed by atoms with Crippen molar-refractivity contribution in [2.24, 2.45) is 0 Å². The van der Waals surface area contributed by atoms with Crippen molar-refractivity contribution < 1.29 is 9.53 Å². The number of nitrogens with zero attached hydrogens (tertiary/aromatic N) is 5. The average molecular weight is 417 g/mol. The predicted molar refractivity (Wildman–Crippen MR) is 116 cm³/mol. The quantitative estimate of drug-likeness (QED) is 0.695. The maximum absolute atomic E-state index is 12.4. The fourth-order valence-corrected chi connectivity index (χ4v) is 4.52. The Labute approximate surface area is 175 Å². The molecule has 0 spiro atoms. The maximum Gasteiger partial charge on any atom is 0.234 e. The molecular formula is C20H28N6O2S. The van der Waals surface area contributed by atoms with Crippen LogP contribution < -0.4 is 15.1 Å². The summed E-state index contributed by atoms with van der Waals surface area (Å²) >= 11 is 1.42. The van der Waals surface area contributed by atoms with Crippen molar-refractivity contribution >= 4 is 35.0 Å². The number of hydrogen-bond donors (Lipinski definition) is 1. The van der Waals surface area contributed by atoms with Crippen molar-refractivity contribution in [3.8, 4) is 0 Å². The zero-order valence-electron chi connectivity index (χ0n) is 16.8. The van der Waals surface area contributed by atoms with Crippen LogP contribution in [0.4, 0.5) is 17.3 Å². The number of carbonyl (C=O) groups is 1. The number of nitrogens with one attached hydrogen (secondary N) is 1. The third kappa shape index (κ3) is 4.84. The van der Waals surface area contributed by atoms with E-state index in [-0.39, 0.29) is 5.91 Å². The molecule has 0 atom stereocenters. The van der Waals surface area contributed by atoms with E-state index in [9.17, 15) is 4.79 Å². The number of carbonyl (C=O) groups excluding carboxylic acids is 1. The van der Waals surface area contributed by atoms with E-state index in [1.54, 1.807) is 0 Å². The summed E-state index contributed by atoms with van der Waals surface area (Å²) in [5.74, 6) is 1.12. The Morgan fingerprint density at radius 2 is 1.79 bits per heavy atom. The molecule has 1 aromatic carbocycles. The average Bonchev–Trinajstić information content (AvgIpc) is 3.43. The van der Waals surface area contributed by atoms with E-state index >= 15 is 0 Å². The minimum atomic E-state index is -0.0394. The van der Waals surface area contributed by atoms with Gasteiger partial charge in [0.15, 0.2) is 5.16 Å². The van der Waals surface area contributed by atoms with E-state index in [2.05, 4.69) is 48.9 Å². The van der Waals surface area contributed by atoms with Crippen LogP contribution in [-0.2, 0) is 16.1 Å². The molecule has 0 radical (unpaired) electrons. The van der Waals surface area contributed by atoms with E-state index in [0.29, 0.717) is 19.0 Å². The monoisotopic (exact) mass is 416 g/mol. The molecule has 1 amide bonds. The molecule has 3 heterocycles. The highest BCUT2D eigenvalue weighted by Crippen LogP contribution is 2.24. The Morgan fingerprint density at radius 3 is 2.48 bits per heavy atom. The minimum absolute atomic E-state index is 0.0394. The molecule has 156 valence electrons. The van der Waals surface area contributed by atoms with Crippen LogP contribution in [0, 0.1) is 0 Å². The molecule has 2 fully saturated rings. The number of morpholine rings is 1. The molecule has 9 heteroatoms. The Kier molecular flexibility index (Phi) is 6.56. The number of ether oxygens (including phenoxy) is 1. The third-order valence-electron chi connectivity index (χ3n) is 5.26. The first-order valence-corrected chi connectivity index (χ1v) is 11.3. The second-order valence-electron chi connectivity index (χ2n) is 7.20. The summed E-state index contributed by atoms with van der Waals surface area (Å²) in [6.45, 7) is 8.12. The highest BCUT2D eigenvalue weighted by molar-refractivity contribution is 7.99. The lowest BCUT2D eigenvalue weighted by Crippen LogP contribution is -2.38. The van der Waals surface area contributed by atoms with Gasteiger partial charge in [0.1, 0.15) is 0 Å². The summed E-state index contributed by atoms with van der Waals surface area (Å²) in [5, 5.41) is 12.4. The SMILES string of the molecule is CCn1c(SCC(=O)Nc2ccc(N3CCCC3)cc2)nnc1N1CCOCC1. The number of amides is 1. The van der Waals surface area contributed by atoms with Crippen molar-refractivity contribution in [2.75, 3.05) is 60.3 Å². The van der Waals surface area contributed by atoms with Crippen molar-refractivity contribution in [1.82, 2.24) is 14.8 Å². The Morgan fingerprint density at radius 1 is 1.07 bits per heavy atom. The Hall–Kier alpha value is -2.26. The van der Waals surface area contributed by atoms with Gasteiger partial charge in [0, 0.05) is 44.1 Å². The zero-order chi connectivity index (χ0) is 20.1. The molecule has 2 aliphatic rings. The van der Waals surface area contributed by atoms with Crippen LogP contribution in [-0.4, -0.2) is 65.8 Å². The van der Waals surface area contributed by atoms with Gasteiger partial charge in [-0.25, -0.2) is 0 Å². The topological polar surface area (TPSA) is 75.5 Å². The molecule has 0 saturated carbocycles. The van der Waals surface area contributed by atoms with Gasteiger partial charge in [0.25, 0.3) is 0 Å². The van der Waals surface area contributed by atoms with E-state index < -0.39 is 0 Å². The van der Waals surface area contributed by atoms with Crippen molar-refractivity contribution in [3.05, 3.63) is 24.3 Å². The molecule has 4 rings (SSSR count). The number of rotatable bonds is 7. The van der Waals surface area contributed by atoms with Gasteiger partial charge >= 0.3 is 0 Å².